The Bertz CT molecular complexity index is 962. The number of sulfone groups is 1. The van der Waals surface area contributed by atoms with E-state index >= 15 is 0 Å². The highest BCUT2D eigenvalue weighted by Gasteiger charge is 2.31. The lowest BCUT2D eigenvalue weighted by molar-refractivity contribution is -0.147. The number of ether oxygens (including phenoxy) is 1. The van der Waals surface area contributed by atoms with E-state index in [2.05, 4.69) is 0 Å². The number of rotatable bonds is 5. The van der Waals surface area contributed by atoms with E-state index in [0.29, 0.717) is 11.4 Å². The molecule has 0 aliphatic carbocycles. The van der Waals surface area contributed by atoms with Gasteiger partial charge in [0.1, 0.15) is 16.7 Å². The van der Waals surface area contributed by atoms with Crippen LogP contribution in [0.3, 0.4) is 0 Å². The average molecular weight is 406 g/mol. The van der Waals surface area contributed by atoms with E-state index in [9.17, 15) is 23.3 Å². The molecule has 0 unspecified atom stereocenters. The summed E-state index contributed by atoms with van der Waals surface area (Å²) in [4.78, 5) is 27.0. The van der Waals surface area contributed by atoms with E-state index < -0.39 is 28.2 Å². The van der Waals surface area contributed by atoms with Crippen molar-refractivity contribution in [2.75, 3.05) is 30.1 Å². The fourth-order valence-corrected chi connectivity index (χ4v) is 6.12. The van der Waals surface area contributed by atoms with Gasteiger partial charge in [0.15, 0.2) is 16.4 Å². The number of fused-ring (bicyclic) bond motifs is 1. The number of para-hydroxylation sites is 1. The van der Waals surface area contributed by atoms with Crippen molar-refractivity contribution in [3.05, 3.63) is 34.9 Å². The Hall–Kier alpha value is -2.31. The summed E-state index contributed by atoms with van der Waals surface area (Å²) in [6.07, 6.45) is 0.392. The first-order valence-electron chi connectivity index (χ1n) is 8.35. The molecule has 0 saturated carbocycles. The zero-order valence-electron chi connectivity index (χ0n) is 14.7. The van der Waals surface area contributed by atoms with Gasteiger partial charge < -0.3 is 9.64 Å². The van der Waals surface area contributed by atoms with Crippen LogP contribution in [0.2, 0.25) is 0 Å². The molecule has 0 bridgehead atoms. The maximum atomic E-state index is 12.4. The van der Waals surface area contributed by atoms with Crippen molar-refractivity contribution in [1.29, 1.82) is 5.26 Å². The summed E-state index contributed by atoms with van der Waals surface area (Å²) in [6, 6.07) is 9.46. The number of esters is 1. The third-order valence-electron chi connectivity index (χ3n) is 4.49. The van der Waals surface area contributed by atoms with Crippen molar-refractivity contribution in [3.63, 3.8) is 0 Å². The number of nitriles is 1. The van der Waals surface area contributed by atoms with Crippen LogP contribution in [0.4, 0.5) is 5.69 Å². The van der Waals surface area contributed by atoms with Gasteiger partial charge in [-0.05, 0) is 24.5 Å². The molecule has 2 aliphatic heterocycles. The minimum atomic E-state index is -3.07. The topological polar surface area (TPSA) is 105 Å². The van der Waals surface area contributed by atoms with Crippen LogP contribution in [0, 0.1) is 17.2 Å². The van der Waals surface area contributed by atoms with E-state index in [1.54, 1.807) is 11.9 Å². The number of hydrogen-bond acceptors (Lipinski definition) is 8. The van der Waals surface area contributed by atoms with Gasteiger partial charge in [-0.15, -0.1) is 0 Å². The zero-order chi connectivity index (χ0) is 19.6. The Morgan fingerprint density at radius 2 is 2.11 bits per heavy atom. The summed E-state index contributed by atoms with van der Waals surface area (Å²) in [5.41, 5.74) is 0.840. The summed E-state index contributed by atoms with van der Waals surface area (Å²) >= 11 is 1.32. The van der Waals surface area contributed by atoms with Gasteiger partial charge in [0.25, 0.3) is 0 Å². The van der Waals surface area contributed by atoms with Gasteiger partial charge in [0.2, 0.25) is 5.78 Å². The standard InChI is InChI=1S/C18H18N2O5S2/c1-20-14-4-2-3-5-16(14)26-18(20)13(9-19)15(21)10-25-17(22)8-12-6-7-27(23,24)11-12/h2-5,12H,6-8,10-11H2,1H3/b18-13-/t12-/m1/s1. The summed E-state index contributed by atoms with van der Waals surface area (Å²) in [7, 11) is -1.30. The van der Waals surface area contributed by atoms with Gasteiger partial charge in [0.05, 0.1) is 17.2 Å². The number of nitrogens with zero attached hydrogens (tertiary/aromatic N) is 2. The van der Waals surface area contributed by atoms with Gasteiger partial charge in [0, 0.05) is 18.4 Å². The molecule has 0 N–H and O–H groups in total. The molecule has 3 rings (SSSR count). The highest BCUT2D eigenvalue weighted by Crippen LogP contribution is 2.46. The molecular formula is C18H18N2O5S2. The molecular weight excluding hydrogens is 388 g/mol. The minimum Gasteiger partial charge on any atom is -0.457 e. The summed E-state index contributed by atoms with van der Waals surface area (Å²) in [5.74, 6) is -1.41. The van der Waals surface area contributed by atoms with Crippen LogP contribution in [-0.4, -0.2) is 45.3 Å². The molecule has 1 saturated heterocycles. The van der Waals surface area contributed by atoms with E-state index in [1.165, 1.54) is 11.8 Å². The van der Waals surface area contributed by atoms with E-state index in [0.717, 1.165) is 10.6 Å². The van der Waals surface area contributed by atoms with Crippen LogP contribution in [0.25, 0.3) is 0 Å². The first-order chi connectivity index (χ1) is 12.8. The number of benzene rings is 1. The van der Waals surface area contributed by atoms with Gasteiger partial charge in [-0.1, -0.05) is 23.9 Å². The third kappa shape index (κ3) is 4.34. The number of ketones is 1. The largest absolute Gasteiger partial charge is 0.457 e. The second kappa shape index (κ2) is 7.74. The number of thioether (sulfide) groups is 1. The Kier molecular flexibility index (Phi) is 5.58. The molecule has 142 valence electrons. The Balaban J connectivity index is 1.62. The molecule has 0 spiro atoms. The van der Waals surface area contributed by atoms with Crippen LogP contribution >= 0.6 is 11.8 Å². The second-order valence-corrected chi connectivity index (χ2v) is 9.74. The molecule has 2 aliphatic rings. The molecule has 27 heavy (non-hydrogen) atoms. The van der Waals surface area contributed by atoms with Crippen molar-refractivity contribution in [2.24, 2.45) is 5.92 Å². The van der Waals surface area contributed by atoms with Crippen molar-refractivity contribution in [3.8, 4) is 6.07 Å². The monoisotopic (exact) mass is 406 g/mol. The molecule has 1 aromatic carbocycles. The van der Waals surface area contributed by atoms with Crippen molar-refractivity contribution >= 4 is 39.0 Å². The van der Waals surface area contributed by atoms with Gasteiger partial charge in [-0.25, -0.2) is 8.42 Å². The quantitative estimate of drug-likeness (QED) is 0.415. The Morgan fingerprint density at radius 3 is 2.74 bits per heavy atom. The number of carbonyl (C=O) groups is 2. The first kappa shape index (κ1) is 19.5. The van der Waals surface area contributed by atoms with Crippen LogP contribution in [0.5, 0.6) is 0 Å². The lowest BCUT2D eigenvalue weighted by atomic mass is 10.1. The van der Waals surface area contributed by atoms with Crippen molar-refractivity contribution < 1.29 is 22.7 Å². The van der Waals surface area contributed by atoms with Crippen LogP contribution < -0.4 is 4.90 Å². The first-order valence-corrected chi connectivity index (χ1v) is 11.0. The van der Waals surface area contributed by atoms with Crippen LogP contribution in [-0.2, 0) is 24.2 Å². The molecule has 0 aromatic heterocycles. The van der Waals surface area contributed by atoms with E-state index in [-0.39, 0.29) is 29.4 Å². The molecule has 2 heterocycles. The normalized spacial score (nSPS) is 22.1. The number of hydrogen-bond donors (Lipinski definition) is 0. The fourth-order valence-electron chi connectivity index (χ4n) is 3.10. The van der Waals surface area contributed by atoms with Crippen molar-refractivity contribution in [1.82, 2.24) is 0 Å². The smallest absolute Gasteiger partial charge is 0.306 e. The minimum absolute atomic E-state index is 0.0246. The maximum absolute atomic E-state index is 12.4. The van der Waals surface area contributed by atoms with Gasteiger partial charge >= 0.3 is 5.97 Å². The number of anilines is 1. The predicted molar refractivity (Wildman–Crippen MR) is 101 cm³/mol. The highest BCUT2D eigenvalue weighted by molar-refractivity contribution is 8.03. The summed E-state index contributed by atoms with van der Waals surface area (Å²) in [6.45, 7) is -0.532. The molecule has 0 amide bonds. The lowest BCUT2D eigenvalue weighted by Crippen LogP contribution is -2.21. The zero-order valence-corrected chi connectivity index (χ0v) is 16.3. The molecule has 1 fully saturated rings. The number of Topliss-reactive ketones (excluding diaryl/α,β-unsaturated/α-hetero) is 1. The molecule has 1 atom stereocenters. The SMILES string of the molecule is CN1/C(=C(\C#N)C(=O)COC(=O)C[C@H]2CCS(=O)(=O)C2)Sc2ccccc21. The molecule has 1 aromatic rings. The average Bonchev–Trinajstić information content (AvgIpc) is 3.14. The lowest BCUT2D eigenvalue weighted by Gasteiger charge is -2.14. The van der Waals surface area contributed by atoms with Gasteiger partial charge in [-0.2, -0.15) is 5.26 Å². The Labute approximate surface area is 161 Å². The second-order valence-electron chi connectivity index (χ2n) is 6.48. The van der Waals surface area contributed by atoms with E-state index in [4.69, 9.17) is 4.74 Å². The van der Waals surface area contributed by atoms with Crippen LogP contribution in [0.15, 0.2) is 39.8 Å². The molecule has 0 radical (unpaired) electrons. The third-order valence-corrected chi connectivity index (χ3v) is 7.56. The fraction of sp³-hybridized carbons (Fsp3) is 0.389. The number of carbonyl (C=O) groups excluding carboxylic acids is 2. The van der Waals surface area contributed by atoms with Crippen molar-refractivity contribution in [2.45, 2.75) is 17.7 Å². The maximum Gasteiger partial charge on any atom is 0.306 e. The van der Waals surface area contributed by atoms with Gasteiger partial charge in [-0.3, -0.25) is 9.59 Å². The molecule has 9 heteroatoms. The van der Waals surface area contributed by atoms with Crippen LogP contribution in [0.1, 0.15) is 12.8 Å². The highest BCUT2D eigenvalue weighted by atomic mass is 32.2. The Morgan fingerprint density at radius 1 is 1.37 bits per heavy atom. The summed E-state index contributed by atoms with van der Waals surface area (Å²) < 4.78 is 27.9. The molecule has 7 nitrogen and oxygen atoms in total. The predicted octanol–water partition coefficient (Wildman–Crippen LogP) is 1.90. The summed E-state index contributed by atoms with van der Waals surface area (Å²) in [5, 5.41) is 9.93. The van der Waals surface area contributed by atoms with E-state index in [1.807, 2.05) is 30.3 Å².